The molecule has 2 amide bonds. The second kappa shape index (κ2) is 10.5. The van der Waals surface area contributed by atoms with Gasteiger partial charge in [-0.2, -0.15) is 0 Å². The molecule has 4 rings (SSSR count). The lowest BCUT2D eigenvalue weighted by Gasteiger charge is -2.29. The highest BCUT2D eigenvalue weighted by Crippen LogP contribution is 2.30. The maximum absolute atomic E-state index is 12.9. The highest BCUT2D eigenvalue weighted by atomic mass is 35.5. The highest BCUT2D eigenvalue weighted by molar-refractivity contribution is 7.12. The molecule has 2 heterocycles. The summed E-state index contributed by atoms with van der Waals surface area (Å²) in [5, 5.41) is 8.72. The molecule has 0 bridgehead atoms. The third kappa shape index (κ3) is 5.33. The van der Waals surface area contributed by atoms with Crippen LogP contribution in [0.1, 0.15) is 44.5 Å². The summed E-state index contributed by atoms with van der Waals surface area (Å²) in [6, 6.07) is 16.2. The minimum absolute atomic E-state index is 0.000418. The van der Waals surface area contributed by atoms with Gasteiger partial charge >= 0.3 is 0 Å². The van der Waals surface area contributed by atoms with Gasteiger partial charge in [0.05, 0.1) is 21.6 Å². The number of benzene rings is 2. The number of amides is 2. The summed E-state index contributed by atoms with van der Waals surface area (Å²) in [7, 11) is 0. The van der Waals surface area contributed by atoms with Crippen molar-refractivity contribution < 1.29 is 9.59 Å². The Morgan fingerprint density at radius 1 is 0.969 bits per heavy atom. The van der Waals surface area contributed by atoms with Crippen LogP contribution in [-0.2, 0) is 0 Å². The molecule has 1 aromatic heterocycles. The van der Waals surface area contributed by atoms with Gasteiger partial charge in [0, 0.05) is 17.1 Å². The SMILES string of the molecule is O=C(NCC(c1ccccc1Cl)N1CCCC1)c1ccc(Cl)c(NC(=O)c2cccs2)c1. The number of thiophene rings is 1. The predicted molar refractivity (Wildman–Crippen MR) is 131 cm³/mol. The van der Waals surface area contributed by atoms with Crippen LogP contribution in [0.15, 0.2) is 60.0 Å². The number of likely N-dealkylation sites (tertiary alicyclic amines) is 1. The molecule has 2 N–H and O–H groups in total. The quantitative estimate of drug-likeness (QED) is 0.437. The normalized spacial score (nSPS) is 14.8. The van der Waals surface area contributed by atoms with E-state index in [1.165, 1.54) is 11.3 Å². The van der Waals surface area contributed by atoms with Gasteiger partial charge in [-0.1, -0.05) is 47.5 Å². The monoisotopic (exact) mass is 487 g/mol. The van der Waals surface area contributed by atoms with Gasteiger partial charge in [0.1, 0.15) is 0 Å². The van der Waals surface area contributed by atoms with Crippen molar-refractivity contribution in [2.75, 3.05) is 25.0 Å². The van der Waals surface area contributed by atoms with Gasteiger partial charge in [-0.3, -0.25) is 14.5 Å². The molecule has 1 saturated heterocycles. The first-order valence-electron chi connectivity index (χ1n) is 10.4. The lowest BCUT2D eigenvalue weighted by molar-refractivity contribution is 0.0936. The second-order valence-electron chi connectivity index (χ2n) is 7.62. The van der Waals surface area contributed by atoms with Crippen molar-refractivity contribution in [2.24, 2.45) is 0 Å². The fourth-order valence-corrected chi connectivity index (χ4v) is 4.93. The van der Waals surface area contributed by atoms with Gasteiger partial charge in [0.25, 0.3) is 11.8 Å². The zero-order valence-electron chi connectivity index (χ0n) is 17.3. The number of halogens is 2. The van der Waals surface area contributed by atoms with E-state index in [0.717, 1.165) is 31.5 Å². The topological polar surface area (TPSA) is 61.4 Å². The maximum Gasteiger partial charge on any atom is 0.265 e. The zero-order chi connectivity index (χ0) is 22.5. The Morgan fingerprint density at radius 2 is 1.75 bits per heavy atom. The molecule has 0 saturated carbocycles. The molecule has 1 fully saturated rings. The third-order valence-electron chi connectivity index (χ3n) is 5.52. The fraction of sp³-hybridized carbons (Fsp3) is 0.250. The predicted octanol–water partition coefficient (Wildman–Crippen LogP) is 5.87. The van der Waals surface area contributed by atoms with E-state index in [1.54, 1.807) is 30.3 Å². The van der Waals surface area contributed by atoms with Gasteiger partial charge in [-0.25, -0.2) is 0 Å². The van der Waals surface area contributed by atoms with Gasteiger partial charge in [-0.05, 0) is 67.2 Å². The number of hydrogen-bond donors (Lipinski definition) is 2. The standard InChI is InChI=1S/C24H23Cl2N3O2S/c25-18-7-2-1-6-17(18)21(29-11-3-4-12-29)15-27-23(30)16-9-10-19(26)20(14-16)28-24(31)22-8-5-13-32-22/h1-2,5-10,13-14,21H,3-4,11-12,15H2,(H,27,30)(H,28,31). The molecule has 166 valence electrons. The number of nitrogens with one attached hydrogen (secondary N) is 2. The first-order chi connectivity index (χ1) is 15.5. The Morgan fingerprint density at radius 3 is 2.47 bits per heavy atom. The molecule has 1 aliphatic rings. The number of carbonyl (C=O) groups excluding carboxylic acids is 2. The van der Waals surface area contributed by atoms with E-state index in [-0.39, 0.29) is 17.9 Å². The van der Waals surface area contributed by atoms with Crippen molar-refractivity contribution >= 4 is 52.0 Å². The van der Waals surface area contributed by atoms with Gasteiger partial charge in [0.15, 0.2) is 0 Å². The minimum atomic E-state index is -0.257. The van der Waals surface area contributed by atoms with Crippen molar-refractivity contribution in [1.29, 1.82) is 0 Å². The van der Waals surface area contributed by atoms with E-state index in [9.17, 15) is 9.59 Å². The molecule has 2 aromatic carbocycles. The molecule has 0 aliphatic carbocycles. The summed E-state index contributed by atoms with van der Waals surface area (Å²) in [4.78, 5) is 28.3. The molecule has 1 aliphatic heterocycles. The number of hydrogen-bond acceptors (Lipinski definition) is 4. The second-order valence-corrected chi connectivity index (χ2v) is 9.38. The maximum atomic E-state index is 12.9. The molecule has 0 radical (unpaired) electrons. The molecule has 1 unspecified atom stereocenters. The molecule has 8 heteroatoms. The Hall–Kier alpha value is -2.38. The average molecular weight is 488 g/mol. The van der Waals surface area contributed by atoms with Crippen molar-refractivity contribution in [3.63, 3.8) is 0 Å². The first-order valence-corrected chi connectivity index (χ1v) is 12.1. The van der Waals surface area contributed by atoms with Gasteiger partial charge < -0.3 is 10.6 Å². The Labute approximate surface area is 201 Å². The van der Waals surface area contributed by atoms with Crippen molar-refractivity contribution in [3.05, 3.63) is 86.0 Å². The highest BCUT2D eigenvalue weighted by Gasteiger charge is 2.25. The molecule has 5 nitrogen and oxygen atoms in total. The minimum Gasteiger partial charge on any atom is -0.350 e. The van der Waals surface area contributed by atoms with Crippen molar-refractivity contribution in [1.82, 2.24) is 10.2 Å². The summed E-state index contributed by atoms with van der Waals surface area (Å²) in [6.07, 6.45) is 2.28. The summed E-state index contributed by atoms with van der Waals surface area (Å²) < 4.78 is 0. The summed E-state index contributed by atoms with van der Waals surface area (Å²) in [5.74, 6) is -0.489. The van der Waals surface area contributed by atoms with Crippen LogP contribution in [0.25, 0.3) is 0 Å². The molecule has 1 atom stereocenters. The van der Waals surface area contributed by atoms with E-state index >= 15 is 0 Å². The molecular formula is C24H23Cl2N3O2S. The van der Waals surface area contributed by atoms with Crippen LogP contribution in [0, 0.1) is 0 Å². The van der Waals surface area contributed by atoms with E-state index < -0.39 is 0 Å². The smallest absolute Gasteiger partial charge is 0.265 e. The molecular weight excluding hydrogens is 465 g/mol. The lowest BCUT2D eigenvalue weighted by Crippen LogP contribution is -2.37. The third-order valence-corrected chi connectivity index (χ3v) is 7.07. The number of rotatable bonds is 7. The van der Waals surface area contributed by atoms with Crippen LogP contribution < -0.4 is 10.6 Å². The van der Waals surface area contributed by atoms with Crippen LogP contribution in [0.3, 0.4) is 0 Å². The summed E-state index contributed by atoms with van der Waals surface area (Å²) in [6.45, 7) is 2.39. The van der Waals surface area contributed by atoms with Gasteiger partial charge in [-0.15, -0.1) is 11.3 Å². The van der Waals surface area contributed by atoms with Crippen molar-refractivity contribution in [3.8, 4) is 0 Å². The Balaban J connectivity index is 1.48. The average Bonchev–Trinajstić information content (AvgIpc) is 3.51. The Bertz CT molecular complexity index is 1100. The van der Waals surface area contributed by atoms with E-state index in [4.69, 9.17) is 23.2 Å². The summed E-state index contributed by atoms with van der Waals surface area (Å²) in [5.41, 5.74) is 1.84. The number of anilines is 1. The Kier molecular flexibility index (Phi) is 7.48. The van der Waals surface area contributed by atoms with Gasteiger partial charge in [0.2, 0.25) is 0 Å². The van der Waals surface area contributed by atoms with Crippen LogP contribution in [0.5, 0.6) is 0 Å². The lowest BCUT2D eigenvalue weighted by atomic mass is 10.0. The zero-order valence-corrected chi connectivity index (χ0v) is 19.6. The first kappa shape index (κ1) is 22.8. The van der Waals surface area contributed by atoms with Crippen LogP contribution in [0.2, 0.25) is 10.0 Å². The molecule has 0 spiro atoms. The van der Waals surface area contributed by atoms with Crippen molar-refractivity contribution in [2.45, 2.75) is 18.9 Å². The fourth-order valence-electron chi connectivity index (χ4n) is 3.88. The number of carbonyl (C=O) groups is 2. The summed E-state index contributed by atoms with van der Waals surface area (Å²) >= 11 is 14.1. The van der Waals surface area contributed by atoms with Crippen LogP contribution in [-0.4, -0.2) is 36.3 Å². The van der Waals surface area contributed by atoms with E-state index in [1.807, 2.05) is 29.6 Å². The van der Waals surface area contributed by atoms with E-state index in [2.05, 4.69) is 15.5 Å². The largest absolute Gasteiger partial charge is 0.350 e. The number of nitrogens with zero attached hydrogens (tertiary/aromatic N) is 1. The molecule has 3 aromatic rings. The molecule has 32 heavy (non-hydrogen) atoms. The van der Waals surface area contributed by atoms with Crippen LogP contribution in [0.4, 0.5) is 5.69 Å². The van der Waals surface area contributed by atoms with E-state index in [0.29, 0.717) is 32.7 Å². The van der Waals surface area contributed by atoms with Crippen LogP contribution >= 0.6 is 34.5 Å².